The van der Waals surface area contributed by atoms with E-state index in [-0.39, 0.29) is 6.03 Å². The van der Waals surface area contributed by atoms with Gasteiger partial charge in [0.15, 0.2) is 0 Å². The summed E-state index contributed by atoms with van der Waals surface area (Å²) in [5, 5.41) is 4.94. The Labute approximate surface area is 130 Å². The van der Waals surface area contributed by atoms with Crippen LogP contribution in [0.15, 0.2) is 35.7 Å². The number of nitrogens with one attached hydrogen (secondary N) is 1. The zero-order valence-electron chi connectivity index (χ0n) is 10.8. The number of carbonyl (C=O) groups excluding carboxylic acids is 1. The highest BCUT2D eigenvalue weighted by atomic mass is 127. The maximum atomic E-state index is 12.1. The summed E-state index contributed by atoms with van der Waals surface area (Å²) < 4.78 is 1.15. The van der Waals surface area contributed by atoms with Crippen molar-refractivity contribution in [2.45, 2.75) is 13.5 Å². The molecule has 0 fully saturated rings. The number of urea groups is 1. The Morgan fingerprint density at radius 3 is 2.58 bits per heavy atom. The molecule has 0 radical (unpaired) electrons. The van der Waals surface area contributed by atoms with Gasteiger partial charge in [-0.15, -0.1) is 11.3 Å². The molecular weight excluding hydrogens is 371 g/mol. The normalized spacial score (nSPS) is 10.3. The smallest absolute Gasteiger partial charge is 0.321 e. The molecule has 3 nitrogen and oxygen atoms in total. The lowest BCUT2D eigenvalue weighted by molar-refractivity contribution is 0.221. The molecular formula is C14H15IN2OS. The molecule has 0 saturated carbocycles. The summed E-state index contributed by atoms with van der Waals surface area (Å²) in [7, 11) is 1.81. The topological polar surface area (TPSA) is 32.3 Å². The van der Waals surface area contributed by atoms with Crippen LogP contribution in [0.25, 0.3) is 0 Å². The van der Waals surface area contributed by atoms with Crippen LogP contribution >= 0.6 is 33.9 Å². The molecule has 2 amide bonds. The van der Waals surface area contributed by atoms with Gasteiger partial charge in [0, 0.05) is 21.2 Å². The number of benzene rings is 1. The number of nitrogens with zero attached hydrogens (tertiary/aromatic N) is 1. The van der Waals surface area contributed by atoms with Crippen LogP contribution in [-0.4, -0.2) is 18.0 Å². The highest BCUT2D eigenvalue weighted by Gasteiger charge is 2.11. The van der Waals surface area contributed by atoms with E-state index in [0.717, 1.165) is 9.26 Å². The Kier molecular flexibility index (Phi) is 4.81. The van der Waals surface area contributed by atoms with E-state index in [1.54, 1.807) is 23.3 Å². The molecule has 0 unspecified atom stereocenters. The van der Waals surface area contributed by atoms with Crippen molar-refractivity contribution >= 4 is 45.6 Å². The van der Waals surface area contributed by atoms with Crippen LogP contribution in [0.1, 0.15) is 10.4 Å². The Morgan fingerprint density at radius 1 is 1.32 bits per heavy atom. The highest BCUT2D eigenvalue weighted by Crippen LogP contribution is 2.18. The summed E-state index contributed by atoms with van der Waals surface area (Å²) in [6.07, 6.45) is 0. The molecule has 2 aromatic rings. The lowest BCUT2D eigenvalue weighted by Crippen LogP contribution is -2.30. The van der Waals surface area contributed by atoms with Gasteiger partial charge < -0.3 is 10.2 Å². The van der Waals surface area contributed by atoms with E-state index in [1.165, 1.54) is 10.4 Å². The molecule has 0 bridgehead atoms. The summed E-state index contributed by atoms with van der Waals surface area (Å²) in [4.78, 5) is 15.0. The van der Waals surface area contributed by atoms with Crippen LogP contribution in [0.4, 0.5) is 10.5 Å². The van der Waals surface area contributed by atoms with Gasteiger partial charge >= 0.3 is 6.03 Å². The Morgan fingerprint density at radius 2 is 2.00 bits per heavy atom. The van der Waals surface area contributed by atoms with Gasteiger partial charge in [-0.2, -0.15) is 0 Å². The molecule has 100 valence electrons. The zero-order chi connectivity index (χ0) is 13.8. The maximum Gasteiger partial charge on any atom is 0.321 e. The summed E-state index contributed by atoms with van der Waals surface area (Å²) in [5.74, 6) is 0. The minimum atomic E-state index is -0.0889. The van der Waals surface area contributed by atoms with Crippen LogP contribution in [0, 0.1) is 10.5 Å². The maximum absolute atomic E-state index is 12.1. The van der Waals surface area contributed by atoms with Gasteiger partial charge in [-0.3, -0.25) is 0 Å². The minimum Gasteiger partial charge on any atom is -0.322 e. The molecule has 1 aromatic carbocycles. The third-order valence-electron chi connectivity index (χ3n) is 2.79. The molecule has 0 atom stereocenters. The molecule has 5 heteroatoms. The van der Waals surface area contributed by atoms with E-state index in [9.17, 15) is 4.79 Å². The molecule has 1 N–H and O–H groups in total. The van der Waals surface area contributed by atoms with Gasteiger partial charge in [0.25, 0.3) is 0 Å². The first kappa shape index (κ1) is 14.3. The number of rotatable bonds is 3. The van der Waals surface area contributed by atoms with Crippen molar-refractivity contribution in [2.75, 3.05) is 12.4 Å². The molecule has 0 aliphatic carbocycles. The fourth-order valence-electron chi connectivity index (χ4n) is 1.61. The molecule has 0 aliphatic rings. The predicted octanol–water partition coefficient (Wildman–Crippen LogP) is 4.33. The quantitative estimate of drug-likeness (QED) is 0.783. The van der Waals surface area contributed by atoms with Crippen molar-refractivity contribution in [3.05, 3.63) is 49.7 Å². The second-order valence-electron chi connectivity index (χ2n) is 4.32. The molecule has 0 saturated heterocycles. The first-order valence-electron chi connectivity index (χ1n) is 5.87. The van der Waals surface area contributed by atoms with Gasteiger partial charge in [-0.1, -0.05) is 0 Å². The van der Waals surface area contributed by atoms with E-state index in [0.29, 0.717) is 6.54 Å². The average molecular weight is 386 g/mol. The van der Waals surface area contributed by atoms with Crippen molar-refractivity contribution < 1.29 is 4.79 Å². The number of carbonyl (C=O) groups is 1. The number of anilines is 1. The van der Waals surface area contributed by atoms with E-state index in [4.69, 9.17) is 0 Å². The first-order valence-corrected chi connectivity index (χ1v) is 7.83. The monoisotopic (exact) mass is 386 g/mol. The number of hydrogen-bond donors (Lipinski definition) is 1. The fraction of sp³-hybridized carbons (Fsp3) is 0.214. The van der Waals surface area contributed by atoms with Crippen LogP contribution in [0.2, 0.25) is 0 Å². The van der Waals surface area contributed by atoms with Crippen LogP contribution in [0.5, 0.6) is 0 Å². The lowest BCUT2D eigenvalue weighted by atomic mass is 10.3. The van der Waals surface area contributed by atoms with Crippen molar-refractivity contribution in [3.8, 4) is 0 Å². The Hall–Kier alpha value is -1.08. The molecule has 19 heavy (non-hydrogen) atoms. The minimum absolute atomic E-state index is 0.0889. The van der Waals surface area contributed by atoms with Crippen LogP contribution in [-0.2, 0) is 6.54 Å². The highest BCUT2D eigenvalue weighted by molar-refractivity contribution is 14.1. The van der Waals surface area contributed by atoms with Gasteiger partial charge in [-0.05, 0) is 70.8 Å². The number of aryl methyl sites for hydroxylation is 1. The summed E-state index contributed by atoms with van der Waals surface area (Å²) in [5.41, 5.74) is 2.05. The van der Waals surface area contributed by atoms with E-state index < -0.39 is 0 Å². The van der Waals surface area contributed by atoms with Crippen molar-refractivity contribution in [2.24, 2.45) is 0 Å². The van der Waals surface area contributed by atoms with E-state index >= 15 is 0 Å². The number of hydrogen-bond acceptors (Lipinski definition) is 2. The third kappa shape index (κ3) is 3.94. The zero-order valence-corrected chi connectivity index (χ0v) is 13.8. The molecule has 1 heterocycles. The van der Waals surface area contributed by atoms with Gasteiger partial charge in [-0.25, -0.2) is 4.79 Å². The largest absolute Gasteiger partial charge is 0.322 e. The van der Waals surface area contributed by atoms with Crippen molar-refractivity contribution in [1.82, 2.24) is 4.90 Å². The molecule has 2 rings (SSSR count). The van der Waals surface area contributed by atoms with E-state index in [2.05, 4.69) is 46.3 Å². The molecule has 0 spiro atoms. The predicted molar refractivity (Wildman–Crippen MR) is 88.7 cm³/mol. The number of amides is 2. The van der Waals surface area contributed by atoms with Crippen LogP contribution < -0.4 is 5.32 Å². The number of halogens is 1. The van der Waals surface area contributed by atoms with Crippen LogP contribution in [0.3, 0.4) is 0 Å². The van der Waals surface area contributed by atoms with Crippen molar-refractivity contribution in [3.63, 3.8) is 0 Å². The number of thiophene rings is 1. The van der Waals surface area contributed by atoms with Gasteiger partial charge in [0.1, 0.15) is 0 Å². The van der Waals surface area contributed by atoms with Crippen molar-refractivity contribution in [1.29, 1.82) is 0 Å². The summed E-state index contributed by atoms with van der Waals surface area (Å²) >= 11 is 3.92. The third-order valence-corrected chi connectivity index (χ3v) is 4.52. The molecule has 1 aromatic heterocycles. The summed E-state index contributed by atoms with van der Waals surface area (Å²) in [6.45, 7) is 2.70. The summed E-state index contributed by atoms with van der Waals surface area (Å²) in [6, 6.07) is 9.74. The SMILES string of the molecule is Cc1ccsc1CN(C)C(=O)Nc1ccc(I)cc1. The lowest BCUT2D eigenvalue weighted by Gasteiger charge is -2.17. The Bertz CT molecular complexity index is 565. The van der Waals surface area contributed by atoms with Gasteiger partial charge in [0.2, 0.25) is 0 Å². The Balaban J connectivity index is 1.96. The van der Waals surface area contributed by atoms with Gasteiger partial charge in [0.05, 0.1) is 6.54 Å². The second kappa shape index (κ2) is 6.38. The average Bonchev–Trinajstić information content (AvgIpc) is 2.78. The molecule has 0 aliphatic heterocycles. The first-order chi connectivity index (χ1) is 9.06. The standard InChI is InChI=1S/C14H15IN2OS/c1-10-7-8-19-13(10)9-17(2)14(18)16-12-5-3-11(15)4-6-12/h3-8H,9H2,1-2H3,(H,16,18). The fourth-order valence-corrected chi connectivity index (χ4v) is 2.92. The second-order valence-corrected chi connectivity index (χ2v) is 6.57. The van der Waals surface area contributed by atoms with E-state index in [1.807, 2.05) is 24.3 Å².